The van der Waals surface area contributed by atoms with Crippen molar-refractivity contribution in [2.24, 2.45) is 0 Å². The number of imidazole rings is 1. The van der Waals surface area contributed by atoms with E-state index in [0.717, 1.165) is 10.2 Å². The molecule has 0 radical (unpaired) electrons. The summed E-state index contributed by atoms with van der Waals surface area (Å²) in [5.74, 6) is -0.210. The molecule has 0 saturated carbocycles. The molecule has 1 N–H and O–H groups in total. The Morgan fingerprint density at radius 3 is 2.50 bits per heavy atom. The fraction of sp³-hybridized carbons (Fsp3) is 0. The minimum Gasteiger partial charge on any atom is -0.339 e. The van der Waals surface area contributed by atoms with Crippen LogP contribution in [0.15, 0.2) is 66.7 Å². The lowest BCUT2D eigenvalue weighted by Crippen LogP contribution is -1.98. The van der Waals surface area contributed by atoms with E-state index >= 15 is 0 Å². The van der Waals surface area contributed by atoms with E-state index in [-0.39, 0.29) is 16.4 Å². The van der Waals surface area contributed by atoms with Gasteiger partial charge in [0.05, 0.1) is 20.8 Å². The third kappa shape index (κ3) is 2.73. The zero-order valence-corrected chi connectivity index (χ0v) is 15.9. The third-order valence-electron chi connectivity index (χ3n) is 4.46. The molecule has 138 valence electrons. The number of thiazole rings is 1. The molecule has 0 unspecified atom stereocenters. The smallest absolute Gasteiger partial charge is 0.197 e. The standard InChI is InChI=1S/C21H12ClF2N3S/c22-14-4-3-5-15(24)18(14)19-20(25-13-10-8-12(23)9-11-13)27-16-6-1-2-7-17(16)28-21(27)26-19/h1-11,25H. The van der Waals surface area contributed by atoms with Gasteiger partial charge in [0.15, 0.2) is 4.96 Å². The van der Waals surface area contributed by atoms with Crippen LogP contribution in [-0.4, -0.2) is 9.38 Å². The minimum absolute atomic E-state index is 0.230. The summed E-state index contributed by atoms with van der Waals surface area (Å²) in [5.41, 5.74) is 2.24. The second kappa shape index (κ2) is 6.58. The molecule has 7 heteroatoms. The van der Waals surface area contributed by atoms with Crippen LogP contribution >= 0.6 is 22.9 Å². The first kappa shape index (κ1) is 17.2. The van der Waals surface area contributed by atoms with Crippen molar-refractivity contribution in [3.63, 3.8) is 0 Å². The Morgan fingerprint density at radius 2 is 1.71 bits per heavy atom. The summed E-state index contributed by atoms with van der Waals surface area (Å²) in [6, 6.07) is 18.4. The first-order valence-electron chi connectivity index (χ1n) is 8.49. The van der Waals surface area contributed by atoms with Crippen LogP contribution in [0.25, 0.3) is 26.4 Å². The van der Waals surface area contributed by atoms with Crippen LogP contribution in [0.3, 0.4) is 0 Å². The Morgan fingerprint density at radius 1 is 0.929 bits per heavy atom. The maximum atomic E-state index is 14.6. The quantitative estimate of drug-likeness (QED) is 0.350. The van der Waals surface area contributed by atoms with Crippen molar-refractivity contribution in [3.05, 3.63) is 83.4 Å². The number of hydrogen-bond donors (Lipinski definition) is 1. The van der Waals surface area contributed by atoms with Gasteiger partial charge in [-0.1, -0.05) is 41.1 Å². The number of fused-ring (bicyclic) bond motifs is 3. The van der Waals surface area contributed by atoms with Crippen molar-refractivity contribution in [3.8, 4) is 11.3 Å². The molecule has 2 heterocycles. The summed E-state index contributed by atoms with van der Waals surface area (Å²) in [4.78, 5) is 5.38. The van der Waals surface area contributed by atoms with Gasteiger partial charge in [0.1, 0.15) is 23.1 Å². The number of aromatic nitrogens is 2. The van der Waals surface area contributed by atoms with Gasteiger partial charge < -0.3 is 5.32 Å². The van der Waals surface area contributed by atoms with Crippen LogP contribution in [0.5, 0.6) is 0 Å². The number of nitrogens with one attached hydrogen (secondary N) is 1. The van der Waals surface area contributed by atoms with Gasteiger partial charge >= 0.3 is 0 Å². The lowest BCUT2D eigenvalue weighted by atomic mass is 10.1. The van der Waals surface area contributed by atoms with Gasteiger partial charge in [-0.3, -0.25) is 4.40 Å². The highest BCUT2D eigenvalue weighted by atomic mass is 35.5. The van der Waals surface area contributed by atoms with Crippen LogP contribution in [-0.2, 0) is 0 Å². The Hall–Kier alpha value is -2.96. The largest absolute Gasteiger partial charge is 0.339 e. The maximum Gasteiger partial charge on any atom is 0.197 e. The fourth-order valence-corrected chi connectivity index (χ4v) is 4.48. The number of hydrogen-bond acceptors (Lipinski definition) is 3. The number of nitrogens with zero attached hydrogens (tertiary/aromatic N) is 2. The SMILES string of the molecule is Fc1ccc(Nc2c(-c3c(F)cccc3Cl)nc3sc4ccccc4n23)cc1. The van der Waals surface area contributed by atoms with Gasteiger partial charge in [0.25, 0.3) is 0 Å². The van der Waals surface area contributed by atoms with Gasteiger partial charge in [-0.15, -0.1) is 0 Å². The lowest BCUT2D eigenvalue weighted by Gasteiger charge is -2.10. The van der Waals surface area contributed by atoms with Gasteiger partial charge in [0, 0.05) is 5.69 Å². The van der Waals surface area contributed by atoms with Crippen molar-refractivity contribution in [2.45, 2.75) is 0 Å². The third-order valence-corrected chi connectivity index (χ3v) is 5.80. The van der Waals surface area contributed by atoms with E-state index in [9.17, 15) is 8.78 Å². The molecule has 28 heavy (non-hydrogen) atoms. The molecule has 0 aliphatic heterocycles. The first-order chi connectivity index (χ1) is 13.6. The molecular weight excluding hydrogens is 400 g/mol. The van der Waals surface area contributed by atoms with Gasteiger partial charge in [-0.25, -0.2) is 13.8 Å². The maximum absolute atomic E-state index is 14.6. The zero-order valence-electron chi connectivity index (χ0n) is 14.3. The van der Waals surface area contributed by atoms with E-state index in [1.165, 1.54) is 29.5 Å². The van der Waals surface area contributed by atoms with E-state index in [1.54, 1.807) is 24.3 Å². The summed E-state index contributed by atoms with van der Waals surface area (Å²) < 4.78 is 31.0. The Labute approximate surface area is 167 Å². The molecule has 0 atom stereocenters. The van der Waals surface area contributed by atoms with E-state index < -0.39 is 5.82 Å². The number of halogens is 3. The van der Waals surface area contributed by atoms with Crippen LogP contribution in [0.2, 0.25) is 5.02 Å². The zero-order chi connectivity index (χ0) is 19.3. The molecule has 3 aromatic carbocycles. The molecule has 5 rings (SSSR count). The summed E-state index contributed by atoms with van der Waals surface area (Å²) in [6.07, 6.45) is 0. The molecule has 0 fully saturated rings. The minimum atomic E-state index is -0.454. The van der Waals surface area contributed by atoms with Crippen LogP contribution in [0.4, 0.5) is 20.3 Å². The van der Waals surface area contributed by atoms with Gasteiger partial charge in [0.2, 0.25) is 0 Å². The average Bonchev–Trinajstić information content (AvgIpc) is 3.20. The van der Waals surface area contributed by atoms with Crippen LogP contribution < -0.4 is 5.32 Å². The van der Waals surface area contributed by atoms with Crippen molar-refractivity contribution >= 4 is 49.6 Å². The van der Waals surface area contributed by atoms with Crippen LogP contribution in [0.1, 0.15) is 0 Å². The molecule has 0 saturated heterocycles. The monoisotopic (exact) mass is 411 g/mol. The highest BCUT2D eigenvalue weighted by Gasteiger charge is 2.22. The molecule has 0 aliphatic carbocycles. The second-order valence-corrected chi connectivity index (χ2v) is 7.64. The van der Waals surface area contributed by atoms with Crippen molar-refractivity contribution in [1.82, 2.24) is 9.38 Å². The first-order valence-corrected chi connectivity index (χ1v) is 9.68. The van der Waals surface area contributed by atoms with Crippen LogP contribution in [0, 0.1) is 11.6 Å². The molecule has 2 aromatic heterocycles. The highest BCUT2D eigenvalue weighted by Crippen LogP contribution is 2.40. The molecule has 0 aliphatic rings. The summed E-state index contributed by atoms with van der Waals surface area (Å²) >= 11 is 7.81. The van der Waals surface area contributed by atoms with Crippen molar-refractivity contribution < 1.29 is 8.78 Å². The lowest BCUT2D eigenvalue weighted by molar-refractivity contribution is 0.628. The van der Waals surface area contributed by atoms with E-state index in [0.29, 0.717) is 22.2 Å². The van der Waals surface area contributed by atoms with E-state index in [4.69, 9.17) is 11.6 Å². The molecule has 0 spiro atoms. The summed E-state index contributed by atoms with van der Waals surface area (Å²) in [7, 11) is 0. The summed E-state index contributed by atoms with van der Waals surface area (Å²) in [6.45, 7) is 0. The molecule has 3 nitrogen and oxygen atoms in total. The van der Waals surface area contributed by atoms with E-state index in [1.807, 2.05) is 28.7 Å². The predicted octanol–water partition coefficient (Wildman–Crippen LogP) is 6.89. The second-order valence-electron chi connectivity index (χ2n) is 6.23. The van der Waals surface area contributed by atoms with E-state index in [2.05, 4.69) is 10.3 Å². The van der Waals surface area contributed by atoms with Crippen molar-refractivity contribution in [2.75, 3.05) is 5.32 Å². The molecular formula is C21H12ClF2N3S. The fourth-order valence-electron chi connectivity index (χ4n) is 3.20. The summed E-state index contributed by atoms with van der Waals surface area (Å²) in [5, 5.41) is 3.54. The average molecular weight is 412 g/mol. The topological polar surface area (TPSA) is 29.3 Å². The Bertz CT molecular complexity index is 1310. The number of rotatable bonds is 3. The van der Waals surface area contributed by atoms with Gasteiger partial charge in [-0.05, 0) is 48.5 Å². The normalized spacial score (nSPS) is 11.4. The number of para-hydroxylation sites is 1. The van der Waals surface area contributed by atoms with Gasteiger partial charge in [-0.2, -0.15) is 0 Å². The Balaban J connectivity index is 1.81. The molecule has 5 aromatic rings. The Kier molecular flexibility index (Phi) is 4.03. The predicted molar refractivity (Wildman–Crippen MR) is 111 cm³/mol. The number of anilines is 2. The van der Waals surface area contributed by atoms with Crippen molar-refractivity contribution in [1.29, 1.82) is 0 Å². The molecule has 0 amide bonds. The highest BCUT2D eigenvalue weighted by molar-refractivity contribution is 7.23. The molecule has 0 bridgehead atoms. The number of benzene rings is 3.